The molecule has 0 atom stereocenters. The molecular formula is C23H42O5. The summed E-state index contributed by atoms with van der Waals surface area (Å²) < 4.78 is 31.0. The second-order valence-corrected chi connectivity index (χ2v) is 7.29. The molecule has 0 radical (unpaired) electrons. The van der Waals surface area contributed by atoms with E-state index in [4.69, 9.17) is 23.7 Å². The van der Waals surface area contributed by atoms with E-state index in [2.05, 4.69) is 20.8 Å². The highest BCUT2D eigenvalue weighted by molar-refractivity contribution is 5.35. The predicted octanol–water partition coefficient (Wildman–Crippen LogP) is 5.75. The van der Waals surface area contributed by atoms with Crippen molar-refractivity contribution in [1.29, 1.82) is 0 Å². The van der Waals surface area contributed by atoms with Gasteiger partial charge in [0.1, 0.15) is 5.60 Å². The van der Waals surface area contributed by atoms with Gasteiger partial charge < -0.3 is 23.7 Å². The van der Waals surface area contributed by atoms with Gasteiger partial charge in [-0.25, -0.2) is 0 Å². The van der Waals surface area contributed by atoms with Crippen LogP contribution >= 0.6 is 0 Å². The molecule has 0 spiro atoms. The van der Waals surface area contributed by atoms with Crippen LogP contribution in [0.4, 0.5) is 0 Å². The molecule has 0 saturated heterocycles. The van der Waals surface area contributed by atoms with E-state index in [9.17, 15) is 0 Å². The minimum absolute atomic E-state index is 0.487. The Balaban J connectivity index is 3.30. The molecule has 0 saturated carbocycles. The normalized spacial score (nSPS) is 24.6. The lowest BCUT2D eigenvalue weighted by Gasteiger charge is -2.41. The van der Waals surface area contributed by atoms with E-state index < -0.39 is 11.4 Å². The molecule has 0 bridgehead atoms. The fourth-order valence-electron chi connectivity index (χ4n) is 3.08. The van der Waals surface area contributed by atoms with E-state index in [0.29, 0.717) is 44.6 Å². The third kappa shape index (κ3) is 7.09. The van der Waals surface area contributed by atoms with Crippen molar-refractivity contribution in [2.75, 3.05) is 33.0 Å². The van der Waals surface area contributed by atoms with Gasteiger partial charge in [0.25, 0.3) is 5.79 Å². The molecule has 0 unspecified atom stereocenters. The second kappa shape index (κ2) is 13.2. The van der Waals surface area contributed by atoms with Crippen molar-refractivity contribution in [3.05, 3.63) is 23.7 Å². The van der Waals surface area contributed by atoms with E-state index in [1.54, 1.807) is 0 Å². The average molecular weight is 399 g/mol. The van der Waals surface area contributed by atoms with Gasteiger partial charge in [-0.05, 0) is 52.2 Å². The van der Waals surface area contributed by atoms with Crippen molar-refractivity contribution < 1.29 is 23.7 Å². The highest BCUT2D eigenvalue weighted by Crippen LogP contribution is 2.41. The Kier molecular flexibility index (Phi) is 11.8. The highest BCUT2D eigenvalue weighted by atomic mass is 16.7. The summed E-state index contributed by atoms with van der Waals surface area (Å²) in [5.74, 6) is 0.148. The summed E-state index contributed by atoms with van der Waals surface area (Å²) in [5, 5.41) is 0. The molecule has 0 amide bonds. The van der Waals surface area contributed by atoms with Crippen LogP contribution in [0, 0.1) is 0 Å². The van der Waals surface area contributed by atoms with Crippen molar-refractivity contribution in [2.45, 2.75) is 91.5 Å². The zero-order valence-corrected chi connectivity index (χ0v) is 19.0. The lowest BCUT2D eigenvalue weighted by molar-refractivity contribution is -0.231. The highest BCUT2D eigenvalue weighted by Gasteiger charge is 2.50. The maximum atomic E-state index is 6.35. The quantitative estimate of drug-likeness (QED) is 0.245. The van der Waals surface area contributed by atoms with Crippen molar-refractivity contribution in [3.63, 3.8) is 0 Å². The lowest BCUT2D eigenvalue weighted by Crippen LogP contribution is -2.48. The molecule has 0 aromatic heterocycles. The zero-order chi connectivity index (χ0) is 20.9. The topological polar surface area (TPSA) is 46.2 Å². The Labute approximate surface area is 172 Å². The van der Waals surface area contributed by atoms with E-state index in [1.165, 1.54) is 0 Å². The van der Waals surface area contributed by atoms with Crippen LogP contribution in [-0.4, -0.2) is 44.4 Å². The smallest absolute Gasteiger partial charge is 0.287 e. The Morgan fingerprint density at radius 1 is 0.643 bits per heavy atom. The monoisotopic (exact) mass is 398 g/mol. The fourth-order valence-corrected chi connectivity index (χ4v) is 3.08. The summed E-state index contributed by atoms with van der Waals surface area (Å²) in [6, 6.07) is 0. The first-order valence-corrected chi connectivity index (χ1v) is 11.2. The first-order chi connectivity index (χ1) is 13.5. The van der Waals surface area contributed by atoms with Crippen LogP contribution in [0.15, 0.2) is 23.7 Å². The summed E-state index contributed by atoms with van der Waals surface area (Å²) >= 11 is 0. The number of hydrogen-bond donors (Lipinski definition) is 0. The SMILES string of the molecule is CCCCOC1=CC(C)(OCC)C=C(OCCCC)C1(OCC)OCCCC. The molecule has 1 aliphatic rings. The predicted molar refractivity (Wildman–Crippen MR) is 113 cm³/mol. The second-order valence-electron chi connectivity index (χ2n) is 7.29. The molecule has 1 aliphatic carbocycles. The van der Waals surface area contributed by atoms with Crippen molar-refractivity contribution in [2.24, 2.45) is 0 Å². The van der Waals surface area contributed by atoms with Crippen LogP contribution in [0.25, 0.3) is 0 Å². The van der Waals surface area contributed by atoms with Gasteiger partial charge in [-0.1, -0.05) is 40.0 Å². The third-order valence-electron chi connectivity index (χ3n) is 4.60. The van der Waals surface area contributed by atoms with Crippen LogP contribution in [0.5, 0.6) is 0 Å². The Hall–Kier alpha value is -1.04. The van der Waals surface area contributed by atoms with E-state index in [1.807, 2.05) is 32.9 Å². The third-order valence-corrected chi connectivity index (χ3v) is 4.60. The molecule has 0 heterocycles. The zero-order valence-electron chi connectivity index (χ0n) is 19.0. The molecule has 164 valence electrons. The minimum atomic E-state index is -1.14. The molecule has 5 heteroatoms. The van der Waals surface area contributed by atoms with Gasteiger partial charge in [-0.3, -0.25) is 0 Å². The van der Waals surface area contributed by atoms with Gasteiger partial charge in [0.05, 0.1) is 19.8 Å². The van der Waals surface area contributed by atoms with Crippen molar-refractivity contribution in [1.82, 2.24) is 0 Å². The summed E-state index contributed by atoms with van der Waals surface area (Å²) in [6.07, 6.45) is 10.0. The molecule has 0 aliphatic heterocycles. The minimum Gasteiger partial charge on any atom is -0.492 e. The largest absolute Gasteiger partial charge is 0.492 e. The van der Waals surface area contributed by atoms with Gasteiger partial charge in [-0.15, -0.1) is 0 Å². The number of hydrogen-bond acceptors (Lipinski definition) is 5. The number of ether oxygens (including phenoxy) is 5. The Bertz CT molecular complexity index is 455. The maximum Gasteiger partial charge on any atom is 0.287 e. The molecule has 0 fully saturated rings. The Morgan fingerprint density at radius 3 is 1.54 bits per heavy atom. The summed E-state index contributed by atoms with van der Waals surface area (Å²) in [7, 11) is 0. The lowest BCUT2D eigenvalue weighted by atomic mass is 9.93. The molecule has 0 aromatic rings. The van der Waals surface area contributed by atoms with Crippen LogP contribution in [0.1, 0.15) is 80.1 Å². The molecule has 5 nitrogen and oxygen atoms in total. The molecular weight excluding hydrogens is 356 g/mol. The maximum absolute atomic E-state index is 6.35. The first kappa shape index (κ1) is 25.0. The van der Waals surface area contributed by atoms with Crippen molar-refractivity contribution in [3.8, 4) is 0 Å². The van der Waals surface area contributed by atoms with E-state index >= 15 is 0 Å². The van der Waals surface area contributed by atoms with E-state index in [0.717, 1.165) is 38.5 Å². The number of rotatable bonds is 16. The van der Waals surface area contributed by atoms with Gasteiger partial charge in [0.15, 0.2) is 11.5 Å². The molecule has 28 heavy (non-hydrogen) atoms. The fraction of sp³-hybridized carbons (Fsp3) is 0.826. The molecule has 0 aromatic carbocycles. The van der Waals surface area contributed by atoms with Crippen molar-refractivity contribution >= 4 is 0 Å². The summed E-state index contributed by atoms with van der Waals surface area (Å²) in [5.41, 5.74) is -0.618. The molecule has 1 rings (SSSR count). The standard InChI is InChI=1S/C23H42O5/c1-7-12-15-24-20-18-22(6,26-10-4)19-21(25-16-13-8-2)23(20,27-11-5)28-17-14-9-3/h18-19H,7-17H2,1-6H3. The van der Waals surface area contributed by atoms with Gasteiger partial charge in [-0.2, -0.15) is 0 Å². The van der Waals surface area contributed by atoms with Gasteiger partial charge in [0, 0.05) is 13.2 Å². The van der Waals surface area contributed by atoms with Gasteiger partial charge in [0.2, 0.25) is 0 Å². The average Bonchev–Trinajstić information content (AvgIpc) is 2.66. The van der Waals surface area contributed by atoms with Crippen LogP contribution < -0.4 is 0 Å². The number of unbranched alkanes of at least 4 members (excludes halogenated alkanes) is 3. The van der Waals surface area contributed by atoms with E-state index in [-0.39, 0.29) is 0 Å². The Morgan fingerprint density at radius 2 is 1.11 bits per heavy atom. The van der Waals surface area contributed by atoms with Crippen LogP contribution in [0.3, 0.4) is 0 Å². The summed E-state index contributed by atoms with van der Waals surface area (Å²) in [4.78, 5) is 0. The summed E-state index contributed by atoms with van der Waals surface area (Å²) in [6.45, 7) is 15.3. The van der Waals surface area contributed by atoms with Crippen LogP contribution in [-0.2, 0) is 23.7 Å². The first-order valence-electron chi connectivity index (χ1n) is 11.2. The molecule has 0 N–H and O–H groups in total. The van der Waals surface area contributed by atoms with Crippen LogP contribution in [0.2, 0.25) is 0 Å². The van der Waals surface area contributed by atoms with Gasteiger partial charge >= 0.3 is 0 Å².